The van der Waals surface area contributed by atoms with E-state index in [4.69, 9.17) is 44.9 Å². The van der Waals surface area contributed by atoms with E-state index in [9.17, 15) is 19.5 Å². The summed E-state index contributed by atoms with van der Waals surface area (Å²) in [5.41, 5.74) is -2.02. The first-order chi connectivity index (χ1) is 25.9. The lowest BCUT2D eigenvalue weighted by Gasteiger charge is -2.49. The number of hydrogen-bond acceptors (Lipinski definition) is 13. The van der Waals surface area contributed by atoms with Gasteiger partial charge in [0.15, 0.2) is 17.6 Å². The molecule has 0 radical (unpaired) electrons. The smallest absolute Gasteiger partial charge is 0.408 e. The summed E-state index contributed by atoms with van der Waals surface area (Å²) in [5.74, 6) is -3.10. The average Bonchev–Trinajstić information content (AvgIpc) is 3.44. The van der Waals surface area contributed by atoms with Crippen molar-refractivity contribution in [2.75, 3.05) is 27.3 Å². The lowest BCUT2D eigenvalue weighted by molar-refractivity contribution is -0.304. The number of ketones is 1. The fourth-order valence-corrected chi connectivity index (χ4v) is 9.12. The normalized spacial score (nSPS) is 41.5. The van der Waals surface area contributed by atoms with E-state index in [1.807, 2.05) is 53.6 Å². The van der Waals surface area contributed by atoms with Crippen molar-refractivity contribution < 1.29 is 52.7 Å². The number of rotatable bonds is 6. The van der Waals surface area contributed by atoms with Crippen molar-refractivity contribution in [1.29, 1.82) is 0 Å². The number of esters is 1. The first kappa shape index (κ1) is 43.3. The number of alkyl carbamates (subject to hydrolysis) is 1. The van der Waals surface area contributed by atoms with Gasteiger partial charge in [0.25, 0.3) is 0 Å². The number of amides is 1. The lowest BCUT2D eigenvalue weighted by Crippen LogP contribution is -2.61. The molecule has 15 heteroatoms. The minimum absolute atomic E-state index is 0.0206. The zero-order valence-electron chi connectivity index (χ0n) is 33.8. The highest BCUT2D eigenvalue weighted by molar-refractivity contribution is 6.30. The van der Waals surface area contributed by atoms with Crippen LogP contribution in [-0.2, 0) is 38.0 Å². The molecule has 2 bridgehead atoms. The molecule has 4 aliphatic heterocycles. The fraction of sp³-hybridized carbons (Fsp3) is 0.750. The molecule has 0 aromatic heterocycles. The largest absolute Gasteiger partial charge is 0.458 e. The molecule has 4 saturated heterocycles. The van der Waals surface area contributed by atoms with Crippen LogP contribution >= 0.6 is 11.6 Å². The molecular weight excluding hydrogens is 734 g/mol. The van der Waals surface area contributed by atoms with Crippen LogP contribution in [0.4, 0.5) is 4.79 Å². The predicted octanol–water partition coefficient (Wildman–Crippen LogP) is 5.16. The number of hydrogen-bond donors (Lipinski definition) is 2. The standard InChI is InChI=1S/C40H60ClN3O11/c1-11-30-40(8)34(42-38(48)54-40)23(4)31(45)21(2)19-39(7)35(53-37-32(46)29(44(9)10)17-22(3)51-37)24(5)33(25(6)36(47)52-30)49-20-27(15-16-50-39)43-55-28-14-12-13-26(41)18-28/h12-14,18,21-25,29-30,32-35,37,46H,11,15-17,19-20H2,1-10H3,(H,42,48)/b43-27-/t21-,22-,23+,24+,25-,29+,30-,32-,33+,34-,35-,37+,39-,40-/m1/s1. The molecule has 0 saturated carbocycles. The number of nitrogens with one attached hydrogen (secondary N) is 1. The molecule has 0 unspecified atom stereocenters. The molecule has 14 nitrogen and oxygen atoms in total. The van der Waals surface area contributed by atoms with E-state index < -0.39 is 83.7 Å². The number of cyclic esters (lactones) is 1. The summed E-state index contributed by atoms with van der Waals surface area (Å²) in [5, 5.41) is 19.4. The van der Waals surface area contributed by atoms with Crippen LogP contribution in [0, 0.1) is 23.7 Å². The molecule has 1 amide bonds. The van der Waals surface area contributed by atoms with E-state index in [1.165, 1.54) is 0 Å². The van der Waals surface area contributed by atoms with Crippen molar-refractivity contribution >= 4 is 35.2 Å². The number of likely N-dealkylation sites (N-methyl/N-ethyl adjacent to an activating group) is 1. The van der Waals surface area contributed by atoms with Crippen LogP contribution in [-0.4, -0.2) is 121 Å². The third kappa shape index (κ3) is 9.48. The van der Waals surface area contributed by atoms with E-state index in [1.54, 1.807) is 45.0 Å². The van der Waals surface area contributed by atoms with Crippen molar-refractivity contribution in [1.82, 2.24) is 10.2 Å². The van der Waals surface area contributed by atoms with Gasteiger partial charge >= 0.3 is 12.1 Å². The number of nitrogens with zero attached hydrogens (tertiary/aromatic N) is 2. The topological polar surface area (TPSA) is 164 Å². The third-order valence-corrected chi connectivity index (χ3v) is 12.2. The summed E-state index contributed by atoms with van der Waals surface area (Å²) in [6.07, 6.45) is -4.21. The maximum Gasteiger partial charge on any atom is 0.408 e. The summed E-state index contributed by atoms with van der Waals surface area (Å²) in [4.78, 5) is 49.3. The molecule has 308 valence electrons. The van der Waals surface area contributed by atoms with Gasteiger partial charge in [0.05, 0.1) is 54.8 Å². The molecule has 1 aromatic rings. The van der Waals surface area contributed by atoms with Gasteiger partial charge in [-0.25, -0.2) is 4.79 Å². The second-order valence-electron chi connectivity index (χ2n) is 16.5. The Kier molecular flexibility index (Phi) is 14.0. The van der Waals surface area contributed by atoms with Gasteiger partial charge in [-0.3, -0.25) is 9.59 Å². The predicted molar refractivity (Wildman–Crippen MR) is 204 cm³/mol. The fourth-order valence-electron chi connectivity index (χ4n) is 8.94. The quantitative estimate of drug-likeness (QED) is 0.288. The first-order valence-corrected chi connectivity index (χ1v) is 19.9. The van der Waals surface area contributed by atoms with Crippen molar-refractivity contribution in [3.8, 4) is 5.75 Å². The second kappa shape index (κ2) is 17.7. The van der Waals surface area contributed by atoms with Crippen LogP contribution in [0.5, 0.6) is 5.75 Å². The maximum absolute atomic E-state index is 14.4. The Morgan fingerprint density at radius 2 is 1.82 bits per heavy atom. The van der Waals surface area contributed by atoms with Gasteiger partial charge in [-0.05, 0) is 73.2 Å². The zero-order valence-corrected chi connectivity index (χ0v) is 34.5. The van der Waals surface area contributed by atoms with Crippen LogP contribution < -0.4 is 10.2 Å². The molecule has 0 aliphatic carbocycles. The highest BCUT2D eigenvalue weighted by atomic mass is 35.5. The number of aliphatic hydroxyl groups excluding tert-OH is 1. The van der Waals surface area contributed by atoms with Crippen LogP contribution in [0.2, 0.25) is 5.02 Å². The van der Waals surface area contributed by atoms with Crippen LogP contribution in [0.3, 0.4) is 0 Å². The number of halogens is 1. The molecular formula is C40H60ClN3O11. The summed E-state index contributed by atoms with van der Waals surface area (Å²) in [7, 11) is 3.80. The van der Waals surface area contributed by atoms with Crippen molar-refractivity contribution in [3.05, 3.63) is 29.3 Å². The number of Topliss-reactive ketones (excluding diaryl/α,β-unsaturated/α-hetero) is 1. The number of carbonyl (C=O) groups is 3. The number of ether oxygens (including phenoxy) is 6. The van der Waals surface area contributed by atoms with Crippen molar-refractivity contribution in [2.24, 2.45) is 28.8 Å². The molecule has 2 N–H and O–H groups in total. The summed E-state index contributed by atoms with van der Waals surface area (Å²) in [6.45, 7) is 14.7. The molecule has 4 fully saturated rings. The van der Waals surface area contributed by atoms with Gasteiger partial charge in [-0.1, -0.05) is 50.5 Å². The molecule has 4 heterocycles. The van der Waals surface area contributed by atoms with E-state index in [2.05, 4.69) is 10.5 Å². The van der Waals surface area contributed by atoms with Crippen LogP contribution in [0.15, 0.2) is 29.4 Å². The van der Waals surface area contributed by atoms with Gasteiger partial charge in [0.2, 0.25) is 0 Å². The number of fused-ring (bicyclic) bond motifs is 4. The van der Waals surface area contributed by atoms with Crippen LogP contribution in [0.25, 0.3) is 0 Å². The number of benzene rings is 1. The van der Waals surface area contributed by atoms with Gasteiger partial charge in [-0.15, -0.1) is 0 Å². The van der Waals surface area contributed by atoms with Crippen LogP contribution in [0.1, 0.15) is 81.1 Å². The Bertz CT molecular complexity index is 1560. The molecule has 0 spiro atoms. The number of carbonyl (C=O) groups excluding carboxylic acids is 3. The van der Waals surface area contributed by atoms with Gasteiger partial charge in [-0.2, -0.15) is 0 Å². The molecule has 14 atom stereocenters. The SMILES string of the molecule is CC[C@H]1OC(=O)[C@H](C)[C@H]2OC/C(=N\Oc3cccc(Cl)c3)CCO[C@](C)(C[C@@H](C)C(=O)[C@H](C)[C@H]3NC(=O)O[C@@]31C)[C@H](O[C@@H]1O[C@H](C)C[C@H](N(C)C)[C@H]1O)[C@H]2C. The Balaban J connectivity index is 1.61. The average molecular weight is 794 g/mol. The summed E-state index contributed by atoms with van der Waals surface area (Å²) < 4.78 is 38.8. The lowest BCUT2D eigenvalue weighted by atomic mass is 9.73. The van der Waals surface area contributed by atoms with E-state index in [0.717, 1.165) is 0 Å². The Morgan fingerprint density at radius 1 is 1.09 bits per heavy atom. The Labute approximate surface area is 329 Å². The molecule has 1 aromatic carbocycles. The number of oxime groups is 1. The highest BCUT2D eigenvalue weighted by Gasteiger charge is 2.57. The first-order valence-electron chi connectivity index (χ1n) is 19.5. The molecule has 4 aliphatic rings. The number of aliphatic hydroxyl groups is 1. The van der Waals surface area contributed by atoms with Gasteiger partial charge in [0.1, 0.15) is 18.0 Å². The van der Waals surface area contributed by atoms with Crippen molar-refractivity contribution in [2.45, 2.75) is 141 Å². The zero-order chi connectivity index (χ0) is 40.4. The minimum Gasteiger partial charge on any atom is -0.458 e. The third-order valence-electron chi connectivity index (χ3n) is 12.0. The summed E-state index contributed by atoms with van der Waals surface area (Å²) >= 11 is 6.18. The molecule has 5 rings (SSSR count). The van der Waals surface area contributed by atoms with E-state index in [-0.39, 0.29) is 44.0 Å². The minimum atomic E-state index is -1.33. The highest BCUT2D eigenvalue weighted by Crippen LogP contribution is 2.42. The maximum atomic E-state index is 14.4. The Hall–Kier alpha value is -2.85. The van der Waals surface area contributed by atoms with E-state index in [0.29, 0.717) is 29.3 Å². The molecule has 55 heavy (non-hydrogen) atoms. The second-order valence-corrected chi connectivity index (χ2v) is 16.9. The van der Waals surface area contributed by atoms with Gasteiger partial charge in [0, 0.05) is 41.3 Å². The van der Waals surface area contributed by atoms with Gasteiger partial charge < -0.3 is 48.6 Å². The monoisotopic (exact) mass is 793 g/mol. The van der Waals surface area contributed by atoms with E-state index >= 15 is 0 Å². The Morgan fingerprint density at radius 3 is 2.49 bits per heavy atom. The van der Waals surface area contributed by atoms with Crippen molar-refractivity contribution in [3.63, 3.8) is 0 Å². The summed E-state index contributed by atoms with van der Waals surface area (Å²) in [6, 6.07) is 5.83.